The lowest BCUT2D eigenvalue weighted by atomic mass is 9.95. The van der Waals surface area contributed by atoms with E-state index in [1.165, 1.54) is 7.11 Å². The Balaban J connectivity index is 2.14. The van der Waals surface area contributed by atoms with Crippen LogP contribution in [0.15, 0.2) is 24.5 Å². The molecule has 6 heteroatoms. The number of pyridine rings is 1. The second kappa shape index (κ2) is 6.10. The van der Waals surface area contributed by atoms with Crippen LogP contribution in [0, 0.1) is 0 Å². The summed E-state index contributed by atoms with van der Waals surface area (Å²) in [6.07, 6.45) is 1.91. The van der Waals surface area contributed by atoms with Gasteiger partial charge < -0.3 is 20.3 Å². The van der Waals surface area contributed by atoms with Gasteiger partial charge in [-0.15, -0.1) is 0 Å². The quantitative estimate of drug-likeness (QED) is 0.678. The average Bonchev–Trinajstić information content (AvgIpc) is 2.68. The minimum atomic E-state index is -0.981. The highest BCUT2D eigenvalue weighted by molar-refractivity contribution is 5.77. The van der Waals surface area contributed by atoms with E-state index in [1.807, 2.05) is 6.07 Å². The fourth-order valence-electron chi connectivity index (χ4n) is 2.51. The van der Waals surface area contributed by atoms with Crippen LogP contribution in [0.2, 0.25) is 0 Å². The van der Waals surface area contributed by atoms with Crippen LogP contribution >= 0.6 is 0 Å². The molecule has 0 spiro atoms. The summed E-state index contributed by atoms with van der Waals surface area (Å²) in [7, 11) is 1.43. The molecule has 0 radical (unpaired) electrons. The molecule has 1 aromatic heterocycles. The lowest BCUT2D eigenvalue weighted by Crippen LogP contribution is -2.46. The van der Waals surface area contributed by atoms with Gasteiger partial charge in [0.15, 0.2) is 0 Å². The Bertz CT molecular complexity index is 426. The van der Waals surface area contributed by atoms with Gasteiger partial charge in [0.25, 0.3) is 0 Å². The zero-order valence-electron chi connectivity index (χ0n) is 10.7. The maximum Gasteiger partial charge on any atom is 0.246 e. The molecule has 3 N–H and O–H groups in total. The van der Waals surface area contributed by atoms with Crippen LogP contribution in [0.3, 0.4) is 0 Å². The number of hydrogen-bond donors (Lipinski definition) is 3. The molecule has 0 bridgehead atoms. The Morgan fingerprint density at radius 2 is 2.37 bits per heavy atom. The number of carbonyl (C=O) groups is 1. The number of methoxy groups -OCH3 is 1. The molecule has 1 heterocycles. The molecule has 0 aromatic carbocycles. The summed E-state index contributed by atoms with van der Waals surface area (Å²) in [4.78, 5) is 15.6. The number of carbonyl (C=O) groups excluding carboxylic acids is 1. The summed E-state index contributed by atoms with van der Waals surface area (Å²) in [5, 5.41) is 22.5. The molecule has 1 amide bonds. The average molecular weight is 266 g/mol. The van der Waals surface area contributed by atoms with Crippen molar-refractivity contribution < 1.29 is 19.7 Å². The lowest BCUT2D eigenvalue weighted by Gasteiger charge is -2.23. The molecule has 0 aliphatic heterocycles. The van der Waals surface area contributed by atoms with E-state index in [9.17, 15) is 15.0 Å². The van der Waals surface area contributed by atoms with Gasteiger partial charge in [0.1, 0.15) is 12.7 Å². The predicted molar refractivity (Wildman–Crippen MR) is 67.4 cm³/mol. The minimum absolute atomic E-state index is 0.0704. The van der Waals surface area contributed by atoms with Crippen LogP contribution in [0.4, 0.5) is 0 Å². The molecule has 1 fully saturated rings. The topological polar surface area (TPSA) is 91.7 Å². The van der Waals surface area contributed by atoms with Gasteiger partial charge in [-0.2, -0.15) is 0 Å². The second-order valence-corrected chi connectivity index (χ2v) is 4.71. The number of aliphatic hydroxyl groups excluding tert-OH is 2. The summed E-state index contributed by atoms with van der Waals surface area (Å²) < 4.78 is 4.75. The molecule has 1 aliphatic carbocycles. The number of aliphatic hydroxyl groups is 2. The molecule has 4 unspecified atom stereocenters. The van der Waals surface area contributed by atoms with E-state index in [2.05, 4.69) is 10.3 Å². The standard InChI is InChI=1S/C13H18N2O4/c1-19-7-11(17)15-12-9(5-10(16)13(12)18)8-3-2-4-14-6-8/h2-4,6,9-10,12-13,16,18H,5,7H2,1H3,(H,15,17). The first-order chi connectivity index (χ1) is 9.13. The van der Waals surface area contributed by atoms with E-state index < -0.39 is 18.2 Å². The van der Waals surface area contributed by atoms with Gasteiger partial charge in [0, 0.05) is 25.4 Å². The van der Waals surface area contributed by atoms with Gasteiger partial charge in [-0.3, -0.25) is 9.78 Å². The molecule has 4 atom stereocenters. The van der Waals surface area contributed by atoms with Crippen LogP contribution in [0.25, 0.3) is 0 Å². The number of ether oxygens (including phenoxy) is 1. The van der Waals surface area contributed by atoms with Crippen molar-refractivity contribution in [2.24, 2.45) is 0 Å². The van der Waals surface area contributed by atoms with Gasteiger partial charge in [-0.1, -0.05) is 6.07 Å². The summed E-state index contributed by atoms with van der Waals surface area (Å²) in [5.41, 5.74) is 0.890. The zero-order valence-corrected chi connectivity index (χ0v) is 10.7. The molecule has 6 nitrogen and oxygen atoms in total. The first-order valence-electron chi connectivity index (χ1n) is 6.18. The Morgan fingerprint density at radius 3 is 3.00 bits per heavy atom. The Morgan fingerprint density at radius 1 is 1.58 bits per heavy atom. The SMILES string of the molecule is COCC(=O)NC1C(c2cccnc2)CC(O)C1O. The number of rotatable bonds is 4. The van der Waals surface area contributed by atoms with Crippen LogP contribution in [-0.4, -0.2) is 53.1 Å². The fraction of sp³-hybridized carbons (Fsp3) is 0.538. The summed E-state index contributed by atoms with van der Waals surface area (Å²) in [6, 6.07) is 3.14. The number of amides is 1. The molecule has 2 rings (SSSR count). The van der Waals surface area contributed by atoms with Crippen molar-refractivity contribution in [3.05, 3.63) is 30.1 Å². The highest BCUT2D eigenvalue weighted by atomic mass is 16.5. The van der Waals surface area contributed by atoms with Crippen LogP contribution in [0.1, 0.15) is 17.9 Å². The Hall–Kier alpha value is -1.50. The highest BCUT2D eigenvalue weighted by Gasteiger charge is 2.43. The zero-order chi connectivity index (χ0) is 13.8. The first kappa shape index (κ1) is 13.9. The number of aromatic nitrogens is 1. The van der Waals surface area contributed by atoms with Crippen molar-refractivity contribution in [3.8, 4) is 0 Å². The van der Waals surface area contributed by atoms with Gasteiger partial charge in [-0.25, -0.2) is 0 Å². The molecular formula is C13H18N2O4. The van der Waals surface area contributed by atoms with Gasteiger partial charge >= 0.3 is 0 Å². The molecule has 1 aromatic rings. The van der Waals surface area contributed by atoms with Gasteiger partial charge in [0.05, 0.1) is 12.1 Å². The smallest absolute Gasteiger partial charge is 0.246 e. The molecule has 104 valence electrons. The third-order valence-electron chi connectivity index (χ3n) is 3.41. The van der Waals surface area contributed by atoms with Crippen LogP contribution in [-0.2, 0) is 9.53 Å². The van der Waals surface area contributed by atoms with E-state index in [1.54, 1.807) is 18.5 Å². The molecule has 0 saturated heterocycles. The third kappa shape index (κ3) is 3.09. The summed E-state index contributed by atoms with van der Waals surface area (Å²) in [5.74, 6) is -0.464. The van der Waals surface area contributed by atoms with Crippen molar-refractivity contribution in [1.82, 2.24) is 10.3 Å². The van der Waals surface area contributed by atoms with Crippen LogP contribution in [0.5, 0.6) is 0 Å². The van der Waals surface area contributed by atoms with Crippen molar-refractivity contribution in [3.63, 3.8) is 0 Å². The third-order valence-corrected chi connectivity index (χ3v) is 3.41. The number of hydrogen-bond acceptors (Lipinski definition) is 5. The minimum Gasteiger partial charge on any atom is -0.390 e. The van der Waals surface area contributed by atoms with Crippen molar-refractivity contribution >= 4 is 5.91 Å². The lowest BCUT2D eigenvalue weighted by molar-refractivity contribution is -0.126. The maximum atomic E-state index is 11.6. The van der Waals surface area contributed by atoms with E-state index in [4.69, 9.17) is 4.74 Å². The van der Waals surface area contributed by atoms with E-state index >= 15 is 0 Å². The Kier molecular flexibility index (Phi) is 4.47. The number of nitrogens with zero attached hydrogens (tertiary/aromatic N) is 1. The monoisotopic (exact) mass is 266 g/mol. The Labute approximate surface area is 111 Å². The molecular weight excluding hydrogens is 248 g/mol. The maximum absolute atomic E-state index is 11.6. The van der Waals surface area contributed by atoms with E-state index in [-0.39, 0.29) is 18.4 Å². The number of nitrogens with one attached hydrogen (secondary N) is 1. The predicted octanol–water partition coefficient (Wildman–Crippen LogP) is -0.578. The van der Waals surface area contributed by atoms with E-state index in [0.717, 1.165) is 5.56 Å². The van der Waals surface area contributed by atoms with Crippen molar-refractivity contribution in [2.45, 2.75) is 30.6 Å². The van der Waals surface area contributed by atoms with Gasteiger partial charge in [-0.05, 0) is 18.1 Å². The first-order valence-corrected chi connectivity index (χ1v) is 6.18. The molecule has 19 heavy (non-hydrogen) atoms. The normalized spacial score (nSPS) is 30.3. The largest absolute Gasteiger partial charge is 0.390 e. The molecule has 1 saturated carbocycles. The summed E-state index contributed by atoms with van der Waals surface area (Å²) >= 11 is 0. The molecule has 1 aliphatic rings. The van der Waals surface area contributed by atoms with Gasteiger partial charge in [0.2, 0.25) is 5.91 Å². The van der Waals surface area contributed by atoms with Crippen molar-refractivity contribution in [1.29, 1.82) is 0 Å². The highest BCUT2D eigenvalue weighted by Crippen LogP contribution is 2.34. The van der Waals surface area contributed by atoms with Crippen LogP contribution < -0.4 is 5.32 Å². The summed E-state index contributed by atoms with van der Waals surface area (Å²) in [6.45, 7) is -0.0704. The fourth-order valence-corrected chi connectivity index (χ4v) is 2.51. The second-order valence-electron chi connectivity index (χ2n) is 4.71. The van der Waals surface area contributed by atoms with Crippen molar-refractivity contribution in [2.75, 3.05) is 13.7 Å². The van der Waals surface area contributed by atoms with E-state index in [0.29, 0.717) is 6.42 Å².